The number of hydrogen-bond acceptors (Lipinski definition) is 4. The molecule has 0 saturated heterocycles. The number of nitrogens with one attached hydrogen (secondary N) is 2. The van der Waals surface area contributed by atoms with Crippen LogP contribution in [-0.2, 0) is 4.79 Å². The van der Waals surface area contributed by atoms with Crippen molar-refractivity contribution in [2.75, 3.05) is 5.75 Å². The van der Waals surface area contributed by atoms with Gasteiger partial charge in [-0.05, 0) is 44.4 Å². The Hall–Kier alpha value is -1.82. The summed E-state index contributed by atoms with van der Waals surface area (Å²) in [4.78, 5) is 16.7. The highest BCUT2D eigenvalue weighted by Gasteiger charge is 2.42. The highest BCUT2D eigenvalue weighted by atomic mass is 32.2. The van der Waals surface area contributed by atoms with Crippen LogP contribution in [0.15, 0.2) is 29.4 Å². The molecule has 1 aromatic carbocycles. The molecule has 1 aromatic heterocycles. The molecule has 1 amide bonds. The number of H-pyrrole nitrogens is 1. The Balaban J connectivity index is 1.31. The fourth-order valence-corrected chi connectivity index (χ4v) is 3.65. The first-order valence-electron chi connectivity index (χ1n) is 8.60. The molecule has 126 valence electrons. The molecule has 0 bridgehead atoms. The van der Waals surface area contributed by atoms with Crippen LogP contribution in [0.5, 0.6) is 0 Å². The van der Waals surface area contributed by atoms with E-state index in [0.29, 0.717) is 17.0 Å². The van der Waals surface area contributed by atoms with E-state index in [1.54, 1.807) is 0 Å². The molecule has 2 saturated carbocycles. The van der Waals surface area contributed by atoms with Crippen LogP contribution >= 0.6 is 11.8 Å². The summed E-state index contributed by atoms with van der Waals surface area (Å²) < 4.78 is 0. The fourth-order valence-electron chi connectivity index (χ4n) is 3.04. The van der Waals surface area contributed by atoms with Crippen molar-refractivity contribution in [1.29, 1.82) is 0 Å². The maximum Gasteiger partial charge on any atom is 0.230 e. The Morgan fingerprint density at radius 3 is 2.54 bits per heavy atom. The summed E-state index contributed by atoms with van der Waals surface area (Å²) in [5.41, 5.74) is 2.22. The summed E-state index contributed by atoms with van der Waals surface area (Å²) in [7, 11) is 0. The molecule has 6 heteroatoms. The summed E-state index contributed by atoms with van der Waals surface area (Å²) in [6.45, 7) is 2.06. The number of carbonyl (C=O) groups excluding carboxylic acids is 1. The molecule has 0 aliphatic heterocycles. The van der Waals surface area contributed by atoms with Gasteiger partial charge in [0, 0.05) is 11.6 Å². The number of hydrogen-bond donors (Lipinski definition) is 2. The third-order valence-corrected chi connectivity index (χ3v) is 5.56. The van der Waals surface area contributed by atoms with Gasteiger partial charge in [0.25, 0.3) is 0 Å². The summed E-state index contributed by atoms with van der Waals surface area (Å²) in [5.74, 6) is 2.67. The van der Waals surface area contributed by atoms with Crippen LogP contribution in [0.1, 0.15) is 31.2 Å². The molecule has 5 nitrogen and oxygen atoms in total. The number of aryl methyl sites for hydroxylation is 1. The first kappa shape index (κ1) is 15.7. The highest BCUT2D eigenvalue weighted by molar-refractivity contribution is 7.99. The average Bonchev–Trinajstić information content (AvgIpc) is 3.50. The van der Waals surface area contributed by atoms with Gasteiger partial charge in [0.1, 0.15) is 0 Å². The summed E-state index contributed by atoms with van der Waals surface area (Å²) in [5, 5.41) is 11.0. The minimum atomic E-state index is 0.102. The zero-order chi connectivity index (χ0) is 16.5. The van der Waals surface area contributed by atoms with Crippen LogP contribution in [0.2, 0.25) is 0 Å². The van der Waals surface area contributed by atoms with Crippen LogP contribution in [0.3, 0.4) is 0 Å². The van der Waals surface area contributed by atoms with Crippen molar-refractivity contribution >= 4 is 17.7 Å². The Morgan fingerprint density at radius 2 is 1.92 bits per heavy atom. The predicted molar refractivity (Wildman–Crippen MR) is 94.7 cm³/mol. The minimum Gasteiger partial charge on any atom is -0.352 e. The second-order valence-corrected chi connectivity index (χ2v) is 7.83. The van der Waals surface area contributed by atoms with E-state index in [-0.39, 0.29) is 5.91 Å². The smallest absolute Gasteiger partial charge is 0.230 e. The maximum atomic E-state index is 12.2. The third-order valence-electron chi connectivity index (χ3n) is 4.71. The summed E-state index contributed by atoms with van der Waals surface area (Å²) in [6.07, 6.45) is 5.09. The second-order valence-electron chi connectivity index (χ2n) is 6.89. The molecule has 2 aromatic rings. The number of benzene rings is 1. The lowest BCUT2D eigenvalue weighted by Gasteiger charge is -2.17. The minimum absolute atomic E-state index is 0.102. The van der Waals surface area contributed by atoms with E-state index in [9.17, 15) is 4.79 Å². The van der Waals surface area contributed by atoms with E-state index in [1.165, 1.54) is 43.0 Å². The number of thioether (sulfide) groups is 1. The topological polar surface area (TPSA) is 70.7 Å². The van der Waals surface area contributed by atoms with Crippen molar-refractivity contribution in [3.63, 3.8) is 0 Å². The van der Waals surface area contributed by atoms with Gasteiger partial charge in [-0.25, -0.2) is 4.98 Å². The highest BCUT2D eigenvalue weighted by Crippen LogP contribution is 2.44. The van der Waals surface area contributed by atoms with Crippen molar-refractivity contribution in [2.45, 2.75) is 43.8 Å². The van der Waals surface area contributed by atoms with Crippen molar-refractivity contribution < 1.29 is 4.79 Å². The zero-order valence-electron chi connectivity index (χ0n) is 13.8. The Kier molecular flexibility index (Phi) is 4.31. The molecule has 2 aliphatic carbocycles. The molecular formula is C18H22N4OS. The van der Waals surface area contributed by atoms with Gasteiger partial charge in [0.05, 0.1) is 5.75 Å². The van der Waals surface area contributed by atoms with E-state index in [2.05, 4.69) is 27.4 Å². The molecule has 2 aliphatic rings. The van der Waals surface area contributed by atoms with Crippen LogP contribution in [-0.4, -0.2) is 32.9 Å². The van der Waals surface area contributed by atoms with Gasteiger partial charge in [-0.2, -0.15) is 0 Å². The Bertz CT molecular complexity index is 707. The van der Waals surface area contributed by atoms with Gasteiger partial charge < -0.3 is 5.32 Å². The fraction of sp³-hybridized carbons (Fsp3) is 0.500. The molecular weight excluding hydrogens is 320 g/mol. The monoisotopic (exact) mass is 342 g/mol. The molecule has 4 rings (SSSR count). The van der Waals surface area contributed by atoms with E-state index in [4.69, 9.17) is 0 Å². The summed E-state index contributed by atoms with van der Waals surface area (Å²) >= 11 is 1.39. The molecule has 0 unspecified atom stereocenters. The predicted octanol–water partition coefficient (Wildman–Crippen LogP) is 3.18. The molecule has 0 atom stereocenters. The maximum absolute atomic E-state index is 12.2. The molecule has 1 heterocycles. The van der Waals surface area contributed by atoms with E-state index in [1.807, 2.05) is 24.3 Å². The Labute approximate surface area is 146 Å². The number of amides is 1. The first-order chi connectivity index (χ1) is 11.7. The largest absolute Gasteiger partial charge is 0.352 e. The lowest BCUT2D eigenvalue weighted by molar-refractivity contribution is -0.119. The van der Waals surface area contributed by atoms with Crippen molar-refractivity contribution in [1.82, 2.24) is 20.5 Å². The lowest BCUT2D eigenvalue weighted by Crippen LogP contribution is -2.39. The number of rotatable bonds is 7. The van der Waals surface area contributed by atoms with Crippen LogP contribution in [0, 0.1) is 18.8 Å². The van der Waals surface area contributed by atoms with E-state index < -0.39 is 0 Å². The van der Waals surface area contributed by atoms with Crippen LogP contribution in [0.25, 0.3) is 11.4 Å². The van der Waals surface area contributed by atoms with Crippen molar-refractivity contribution in [3.05, 3.63) is 29.8 Å². The zero-order valence-corrected chi connectivity index (χ0v) is 14.6. The molecule has 0 spiro atoms. The number of nitrogens with zero attached hydrogens (tertiary/aromatic N) is 2. The standard InChI is InChI=1S/C18H22N4OS/c1-11-2-4-14(5-3-11)17-20-18(22-21-17)24-10-15(23)19-16(12-6-7-12)13-8-9-13/h2-5,12-13,16H,6-10H2,1H3,(H,19,23)(H,20,21,22). The Morgan fingerprint density at radius 1 is 1.25 bits per heavy atom. The molecule has 0 radical (unpaired) electrons. The first-order valence-corrected chi connectivity index (χ1v) is 9.59. The molecule has 24 heavy (non-hydrogen) atoms. The third kappa shape index (κ3) is 3.80. The van der Waals surface area contributed by atoms with E-state index >= 15 is 0 Å². The van der Waals surface area contributed by atoms with E-state index in [0.717, 1.165) is 23.2 Å². The molecule has 2 N–H and O–H groups in total. The van der Waals surface area contributed by atoms with Crippen molar-refractivity contribution in [3.8, 4) is 11.4 Å². The normalized spacial score (nSPS) is 17.2. The lowest BCUT2D eigenvalue weighted by atomic mass is 10.1. The van der Waals surface area contributed by atoms with Gasteiger partial charge in [0.15, 0.2) is 5.82 Å². The van der Waals surface area contributed by atoms with Gasteiger partial charge in [-0.15, -0.1) is 5.10 Å². The van der Waals surface area contributed by atoms with Gasteiger partial charge in [-0.3, -0.25) is 9.89 Å². The van der Waals surface area contributed by atoms with Crippen molar-refractivity contribution in [2.24, 2.45) is 11.8 Å². The molecule has 2 fully saturated rings. The quantitative estimate of drug-likeness (QED) is 0.758. The van der Waals surface area contributed by atoms with Crippen LogP contribution < -0.4 is 5.32 Å². The van der Waals surface area contributed by atoms with Gasteiger partial charge in [0.2, 0.25) is 11.1 Å². The van der Waals surface area contributed by atoms with Crippen LogP contribution in [0.4, 0.5) is 0 Å². The number of aromatic amines is 1. The second kappa shape index (κ2) is 6.59. The van der Waals surface area contributed by atoms with Gasteiger partial charge in [-0.1, -0.05) is 41.6 Å². The average molecular weight is 342 g/mol. The van der Waals surface area contributed by atoms with Gasteiger partial charge >= 0.3 is 0 Å². The SMILES string of the molecule is Cc1ccc(-c2nc(SCC(=O)NC(C3CC3)C3CC3)n[nH]2)cc1. The summed E-state index contributed by atoms with van der Waals surface area (Å²) in [6, 6.07) is 8.55. The number of aromatic nitrogens is 3. The number of carbonyl (C=O) groups is 1.